The zero-order chi connectivity index (χ0) is 11.2. The summed E-state index contributed by atoms with van der Waals surface area (Å²) in [6.45, 7) is 1.52. The minimum Gasteiger partial charge on any atom is -0.303 e. The molecule has 0 spiro atoms. The molecule has 0 bridgehead atoms. The van der Waals surface area contributed by atoms with Crippen molar-refractivity contribution in [3.63, 3.8) is 0 Å². The summed E-state index contributed by atoms with van der Waals surface area (Å²) in [5.74, 6) is 0.0522. The van der Waals surface area contributed by atoms with Gasteiger partial charge in [0.2, 0.25) is 5.91 Å². The minimum atomic E-state index is -0.0342. The van der Waals surface area contributed by atoms with Crippen LogP contribution in [0.4, 0.5) is 0 Å². The number of amides is 1. The first kappa shape index (κ1) is 10.4. The van der Waals surface area contributed by atoms with Crippen LogP contribution in [0.25, 0.3) is 0 Å². The Bertz CT molecular complexity index is 346. The van der Waals surface area contributed by atoms with Gasteiger partial charge in [-0.2, -0.15) is 0 Å². The van der Waals surface area contributed by atoms with Gasteiger partial charge < -0.3 is 4.90 Å². The molecule has 15 heavy (non-hydrogen) atoms. The number of fused-ring (bicyclic) bond motifs is 1. The zero-order valence-corrected chi connectivity index (χ0v) is 9.36. The van der Waals surface area contributed by atoms with E-state index in [1.54, 1.807) is 4.90 Å². The van der Waals surface area contributed by atoms with E-state index in [4.69, 9.17) is 0 Å². The summed E-state index contributed by atoms with van der Waals surface area (Å²) in [5.41, 5.74) is 0.592. The summed E-state index contributed by atoms with van der Waals surface area (Å²) in [6, 6.07) is 0.171. The van der Waals surface area contributed by atoms with Crippen molar-refractivity contribution in [2.75, 3.05) is 14.1 Å². The van der Waals surface area contributed by atoms with Crippen molar-refractivity contribution in [1.82, 2.24) is 9.80 Å². The molecule has 2 aliphatic rings. The van der Waals surface area contributed by atoms with Crippen molar-refractivity contribution >= 4 is 11.7 Å². The standard InChI is InChI=1S/C11H16N2O2/c1-7(14)8-5-4-6-9-10(12(2)3)11(15)13(8)9/h5,9-10H,4,6H2,1-3H3. The summed E-state index contributed by atoms with van der Waals surface area (Å²) in [7, 11) is 3.82. The van der Waals surface area contributed by atoms with Gasteiger partial charge >= 0.3 is 0 Å². The van der Waals surface area contributed by atoms with Gasteiger partial charge in [0.05, 0.1) is 11.7 Å². The quantitative estimate of drug-likeness (QED) is 0.616. The number of ketones is 1. The molecule has 2 aliphatic heterocycles. The third kappa shape index (κ3) is 1.40. The lowest BCUT2D eigenvalue weighted by atomic mass is 9.85. The summed E-state index contributed by atoms with van der Waals surface area (Å²) >= 11 is 0. The molecule has 0 aromatic heterocycles. The molecule has 0 aromatic carbocycles. The molecule has 2 unspecified atom stereocenters. The summed E-state index contributed by atoms with van der Waals surface area (Å²) in [4.78, 5) is 26.8. The topological polar surface area (TPSA) is 40.6 Å². The van der Waals surface area contributed by atoms with Crippen LogP contribution in [0.3, 0.4) is 0 Å². The highest BCUT2D eigenvalue weighted by Crippen LogP contribution is 2.35. The van der Waals surface area contributed by atoms with E-state index in [0.29, 0.717) is 5.70 Å². The lowest BCUT2D eigenvalue weighted by molar-refractivity contribution is -0.156. The van der Waals surface area contributed by atoms with Gasteiger partial charge in [0.15, 0.2) is 5.78 Å². The number of rotatable bonds is 2. The number of carbonyl (C=O) groups is 2. The number of nitrogens with zero attached hydrogens (tertiary/aromatic N) is 2. The van der Waals surface area contributed by atoms with Crippen LogP contribution in [0.15, 0.2) is 11.8 Å². The Kier molecular flexibility index (Phi) is 2.38. The number of Topliss-reactive ketones (excluding diaryl/α,β-unsaturated/α-hetero) is 1. The highest BCUT2D eigenvalue weighted by Gasteiger charge is 2.51. The maximum Gasteiger partial charge on any atom is 0.246 e. The average Bonchev–Trinajstić information content (AvgIpc) is 2.15. The molecule has 0 aromatic rings. The van der Waals surface area contributed by atoms with E-state index >= 15 is 0 Å². The first-order chi connectivity index (χ1) is 7.04. The fourth-order valence-electron chi connectivity index (χ4n) is 2.48. The molecule has 0 saturated carbocycles. The Morgan fingerprint density at radius 2 is 2.20 bits per heavy atom. The zero-order valence-electron chi connectivity index (χ0n) is 9.36. The molecule has 2 atom stereocenters. The van der Waals surface area contributed by atoms with Crippen molar-refractivity contribution in [2.24, 2.45) is 0 Å². The second kappa shape index (κ2) is 3.45. The Labute approximate surface area is 89.5 Å². The highest BCUT2D eigenvalue weighted by atomic mass is 16.2. The van der Waals surface area contributed by atoms with Gasteiger partial charge in [0.25, 0.3) is 0 Å². The fraction of sp³-hybridized carbons (Fsp3) is 0.636. The predicted octanol–water partition coefficient (Wildman–Crippen LogP) is 0.394. The van der Waals surface area contributed by atoms with Crippen LogP contribution in [-0.4, -0.2) is 47.7 Å². The number of allylic oxidation sites excluding steroid dienone is 2. The van der Waals surface area contributed by atoms with Gasteiger partial charge in [0.1, 0.15) is 6.04 Å². The summed E-state index contributed by atoms with van der Waals surface area (Å²) in [6.07, 6.45) is 3.74. The van der Waals surface area contributed by atoms with Crippen LogP contribution in [0, 0.1) is 0 Å². The largest absolute Gasteiger partial charge is 0.303 e. The molecule has 4 nitrogen and oxygen atoms in total. The van der Waals surface area contributed by atoms with Gasteiger partial charge in [-0.3, -0.25) is 14.5 Å². The van der Waals surface area contributed by atoms with Crippen LogP contribution in [-0.2, 0) is 9.59 Å². The number of hydrogen-bond donors (Lipinski definition) is 0. The van der Waals surface area contributed by atoms with E-state index in [-0.39, 0.29) is 23.8 Å². The van der Waals surface area contributed by atoms with Crippen molar-refractivity contribution in [2.45, 2.75) is 31.8 Å². The molecule has 82 valence electrons. The van der Waals surface area contributed by atoms with Crippen LogP contribution >= 0.6 is 0 Å². The van der Waals surface area contributed by atoms with E-state index < -0.39 is 0 Å². The molecule has 1 fully saturated rings. The normalized spacial score (nSPS) is 29.7. The molecule has 0 aliphatic carbocycles. The third-order valence-corrected chi connectivity index (χ3v) is 3.16. The first-order valence-electron chi connectivity index (χ1n) is 5.24. The van der Waals surface area contributed by atoms with E-state index in [1.165, 1.54) is 6.92 Å². The van der Waals surface area contributed by atoms with Gasteiger partial charge in [-0.05, 0) is 26.9 Å². The second-order valence-corrected chi connectivity index (χ2v) is 4.41. The Morgan fingerprint density at radius 1 is 1.53 bits per heavy atom. The van der Waals surface area contributed by atoms with E-state index in [0.717, 1.165) is 12.8 Å². The van der Waals surface area contributed by atoms with Crippen molar-refractivity contribution in [3.8, 4) is 0 Å². The molecule has 2 rings (SSSR count). The average molecular weight is 208 g/mol. The third-order valence-electron chi connectivity index (χ3n) is 3.16. The molecular weight excluding hydrogens is 192 g/mol. The van der Waals surface area contributed by atoms with E-state index in [9.17, 15) is 9.59 Å². The number of hydrogen-bond acceptors (Lipinski definition) is 3. The van der Waals surface area contributed by atoms with Gasteiger partial charge in [-0.1, -0.05) is 6.08 Å². The van der Waals surface area contributed by atoms with Crippen LogP contribution in [0.2, 0.25) is 0 Å². The fourth-order valence-corrected chi connectivity index (χ4v) is 2.48. The lowest BCUT2D eigenvalue weighted by Gasteiger charge is -2.51. The number of likely N-dealkylation sites (N-methyl/N-ethyl adjacent to an activating group) is 1. The van der Waals surface area contributed by atoms with E-state index in [1.807, 2.05) is 25.1 Å². The number of β-lactam (4-membered cyclic amide) rings is 1. The van der Waals surface area contributed by atoms with Gasteiger partial charge in [0, 0.05) is 6.92 Å². The molecule has 0 radical (unpaired) electrons. The Morgan fingerprint density at radius 3 is 2.73 bits per heavy atom. The minimum absolute atomic E-state index is 0.00902. The molecule has 1 saturated heterocycles. The molecule has 2 heterocycles. The van der Waals surface area contributed by atoms with E-state index in [2.05, 4.69) is 0 Å². The Hall–Kier alpha value is -1.16. The number of carbonyl (C=O) groups excluding carboxylic acids is 2. The predicted molar refractivity (Wildman–Crippen MR) is 56.1 cm³/mol. The highest BCUT2D eigenvalue weighted by molar-refractivity contribution is 6.02. The summed E-state index contributed by atoms with van der Waals surface area (Å²) in [5, 5.41) is 0. The van der Waals surface area contributed by atoms with Gasteiger partial charge in [-0.15, -0.1) is 0 Å². The molecule has 1 amide bonds. The van der Waals surface area contributed by atoms with Gasteiger partial charge in [-0.25, -0.2) is 0 Å². The van der Waals surface area contributed by atoms with Crippen molar-refractivity contribution in [3.05, 3.63) is 11.8 Å². The van der Waals surface area contributed by atoms with Crippen LogP contribution in [0.5, 0.6) is 0 Å². The first-order valence-corrected chi connectivity index (χ1v) is 5.24. The lowest BCUT2D eigenvalue weighted by Crippen LogP contribution is -2.69. The molecule has 4 heteroatoms. The van der Waals surface area contributed by atoms with Crippen molar-refractivity contribution in [1.29, 1.82) is 0 Å². The Balaban J connectivity index is 2.23. The molecule has 0 N–H and O–H groups in total. The maximum absolute atomic E-state index is 11.8. The second-order valence-electron chi connectivity index (χ2n) is 4.41. The molecular formula is C11H16N2O2. The SMILES string of the molecule is CC(=O)C1=CCCC2C(N(C)C)C(=O)N12. The maximum atomic E-state index is 11.8. The van der Waals surface area contributed by atoms with Crippen molar-refractivity contribution < 1.29 is 9.59 Å². The van der Waals surface area contributed by atoms with Crippen LogP contribution in [0.1, 0.15) is 19.8 Å². The smallest absolute Gasteiger partial charge is 0.246 e. The monoisotopic (exact) mass is 208 g/mol. The van der Waals surface area contributed by atoms with Crippen LogP contribution < -0.4 is 0 Å². The summed E-state index contributed by atoms with van der Waals surface area (Å²) < 4.78 is 0.